The molecule has 0 unspecified atom stereocenters. The van der Waals surface area contributed by atoms with E-state index < -0.39 is 0 Å². The minimum atomic E-state index is -0.322. The summed E-state index contributed by atoms with van der Waals surface area (Å²) in [5.74, 6) is -0.612. The van der Waals surface area contributed by atoms with Crippen molar-refractivity contribution in [3.63, 3.8) is 0 Å². The second-order valence-electron chi connectivity index (χ2n) is 5.86. The third-order valence-corrected chi connectivity index (χ3v) is 4.09. The number of fused-ring (bicyclic) bond motifs is 1. The van der Waals surface area contributed by atoms with Crippen LogP contribution in [0.1, 0.15) is 71.6 Å². The highest BCUT2D eigenvalue weighted by molar-refractivity contribution is 6.24. The van der Waals surface area contributed by atoms with Crippen LogP contribution in [0.3, 0.4) is 0 Å². The highest BCUT2D eigenvalue weighted by atomic mass is 16.2. The number of nitrogens with zero attached hydrogens (tertiary/aromatic N) is 2. The summed E-state index contributed by atoms with van der Waals surface area (Å²) < 4.78 is 0. The van der Waals surface area contributed by atoms with Crippen molar-refractivity contribution >= 4 is 17.5 Å². The highest BCUT2D eigenvalue weighted by Crippen LogP contribution is 2.32. The first-order chi connectivity index (χ1) is 10.5. The molecule has 0 aromatic carbocycles. The Balaban J connectivity index is 2.52. The van der Waals surface area contributed by atoms with Gasteiger partial charge in [-0.05, 0) is 26.7 Å². The van der Waals surface area contributed by atoms with Crippen molar-refractivity contribution in [2.24, 2.45) is 0 Å². The Morgan fingerprint density at radius 1 is 0.909 bits per heavy atom. The van der Waals surface area contributed by atoms with Crippen LogP contribution in [0.2, 0.25) is 0 Å². The number of hydrogen-bond donors (Lipinski definition) is 1. The molecule has 0 saturated carbocycles. The zero-order valence-electron chi connectivity index (χ0n) is 14.0. The number of amides is 2. The zero-order valence-corrected chi connectivity index (χ0v) is 14.0. The molecule has 5 heteroatoms. The van der Waals surface area contributed by atoms with Gasteiger partial charge in [-0.25, -0.2) is 0 Å². The summed E-state index contributed by atoms with van der Waals surface area (Å²) in [4.78, 5) is 31.0. The predicted octanol–water partition coefficient (Wildman–Crippen LogP) is 2.99. The van der Waals surface area contributed by atoms with Crippen LogP contribution in [0.15, 0.2) is 0 Å². The molecule has 1 aliphatic heterocycles. The van der Waals surface area contributed by atoms with Gasteiger partial charge in [0.2, 0.25) is 0 Å². The summed E-state index contributed by atoms with van der Waals surface area (Å²) in [5, 5.41) is 2.41. The van der Waals surface area contributed by atoms with Crippen molar-refractivity contribution in [2.45, 2.75) is 53.4 Å². The smallest absolute Gasteiger partial charge is 0.261 e. The molecule has 1 aliphatic rings. The molecule has 2 amide bonds. The molecule has 1 aromatic heterocycles. The van der Waals surface area contributed by atoms with Gasteiger partial charge in [0.25, 0.3) is 11.8 Å². The van der Waals surface area contributed by atoms with Gasteiger partial charge < -0.3 is 4.90 Å². The van der Waals surface area contributed by atoms with Gasteiger partial charge in [-0.15, -0.1) is 0 Å². The molecule has 120 valence electrons. The summed E-state index contributed by atoms with van der Waals surface area (Å²) in [7, 11) is 0. The fourth-order valence-electron chi connectivity index (χ4n) is 2.99. The van der Waals surface area contributed by atoms with Crippen molar-refractivity contribution in [3.8, 4) is 0 Å². The average Bonchev–Trinajstić information content (AvgIpc) is 2.76. The van der Waals surface area contributed by atoms with Crippen LogP contribution < -0.4 is 10.2 Å². The van der Waals surface area contributed by atoms with Crippen LogP contribution in [0.25, 0.3) is 0 Å². The first kappa shape index (κ1) is 16.5. The number of unbranched alkanes of at least 4 members (excludes halogenated alkanes) is 2. The fourth-order valence-corrected chi connectivity index (χ4v) is 2.99. The number of pyridine rings is 1. The molecule has 22 heavy (non-hydrogen) atoms. The summed E-state index contributed by atoms with van der Waals surface area (Å²) in [5.41, 5.74) is 3.26. The van der Waals surface area contributed by atoms with Gasteiger partial charge in [-0.2, -0.15) is 0 Å². The maximum atomic E-state index is 12.3. The van der Waals surface area contributed by atoms with Gasteiger partial charge >= 0.3 is 0 Å². The molecular formula is C17H25N3O2. The van der Waals surface area contributed by atoms with E-state index in [2.05, 4.69) is 29.0 Å². The topological polar surface area (TPSA) is 62.3 Å². The zero-order chi connectivity index (χ0) is 16.3. The van der Waals surface area contributed by atoms with Crippen molar-refractivity contribution in [2.75, 3.05) is 18.0 Å². The Morgan fingerprint density at radius 3 is 2.00 bits per heavy atom. The number of anilines is 1. The number of rotatable bonds is 7. The van der Waals surface area contributed by atoms with Crippen LogP contribution in [-0.4, -0.2) is 29.9 Å². The van der Waals surface area contributed by atoms with Crippen LogP contribution in [0.4, 0.5) is 5.69 Å². The average molecular weight is 303 g/mol. The largest absolute Gasteiger partial charge is 0.369 e. The Bertz CT molecular complexity index is 588. The first-order valence-corrected chi connectivity index (χ1v) is 8.13. The van der Waals surface area contributed by atoms with E-state index in [-0.39, 0.29) is 11.8 Å². The van der Waals surface area contributed by atoms with Crippen LogP contribution in [0, 0.1) is 13.8 Å². The van der Waals surface area contributed by atoms with Crippen molar-refractivity contribution in [1.82, 2.24) is 10.3 Å². The quantitative estimate of drug-likeness (QED) is 0.787. The van der Waals surface area contributed by atoms with Crippen molar-refractivity contribution in [1.29, 1.82) is 0 Å². The van der Waals surface area contributed by atoms with Gasteiger partial charge in [0.1, 0.15) is 0 Å². The Labute approximate surface area is 132 Å². The maximum Gasteiger partial charge on any atom is 0.261 e. The highest BCUT2D eigenvalue weighted by Gasteiger charge is 2.34. The van der Waals surface area contributed by atoms with E-state index in [4.69, 9.17) is 0 Å². The van der Waals surface area contributed by atoms with E-state index in [0.29, 0.717) is 16.8 Å². The number of nitrogens with one attached hydrogen (secondary N) is 1. The van der Waals surface area contributed by atoms with E-state index in [1.807, 2.05) is 6.92 Å². The number of imide groups is 1. The van der Waals surface area contributed by atoms with Crippen molar-refractivity contribution < 1.29 is 9.59 Å². The minimum Gasteiger partial charge on any atom is -0.369 e. The third kappa shape index (κ3) is 2.98. The van der Waals surface area contributed by atoms with E-state index in [1.165, 1.54) is 0 Å². The van der Waals surface area contributed by atoms with Crippen LogP contribution >= 0.6 is 0 Å². The fraction of sp³-hybridized carbons (Fsp3) is 0.588. The SMILES string of the molecule is CCCCN(CCCC)c1c(C)nc(C)c2c1C(=O)NC2=O. The molecule has 0 fully saturated rings. The lowest BCUT2D eigenvalue weighted by molar-refractivity contribution is 0.0879. The molecule has 1 N–H and O–H groups in total. The molecule has 2 heterocycles. The monoisotopic (exact) mass is 303 g/mol. The Kier molecular flexibility index (Phi) is 5.16. The maximum absolute atomic E-state index is 12.3. The van der Waals surface area contributed by atoms with Gasteiger partial charge in [0.05, 0.1) is 28.2 Å². The summed E-state index contributed by atoms with van der Waals surface area (Å²) in [6.07, 6.45) is 4.30. The lowest BCUT2D eigenvalue weighted by atomic mass is 10.0. The van der Waals surface area contributed by atoms with Crippen LogP contribution in [-0.2, 0) is 0 Å². The molecule has 5 nitrogen and oxygen atoms in total. The summed E-state index contributed by atoms with van der Waals surface area (Å²) >= 11 is 0. The van der Waals surface area contributed by atoms with E-state index in [9.17, 15) is 9.59 Å². The van der Waals surface area contributed by atoms with E-state index in [1.54, 1.807) is 6.92 Å². The second kappa shape index (κ2) is 6.90. The van der Waals surface area contributed by atoms with E-state index >= 15 is 0 Å². The normalized spacial score (nSPS) is 13.3. The molecule has 0 radical (unpaired) electrons. The summed E-state index contributed by atoms with van der Waals surface area (Å²) in [6, 6.07) is 0. The summed E-state index contributed by atoms with van der Waals surface area (Å²) in [6.45, 7) is 9.78. The van der Waals surface area contributed by atoms with Gasteiger partial charge in [0.15, 0.2) is 0 Å². The van der Waals surface area contributed by atoms with Crippen molar-refractivity contribution in [3.05, 3.63) is 22.5 Å². The molecule has 0 bridgehead atoms. The number of aromatic nitrogens is 1. The molecule has 2 rings (SSSR count). The molecule has 0 atom stereocenters. The van der Waals surface area contributed by atoms with Crippen LogP contribution in [0.5, 0.6) is 0 Å². The number of carbonyl (C=O) groups excluding carboxylic acids is 2. The van der Waals surface area contributed by atoms with Gasteiger partial charge in [0, 0.05) is 13.1 Å². The number of carbonyl (C=O) groups is 2. The minimum absolute atomic E-state index is 0.290. The van der Waals surface area contributed by atoms with Gasteiger partial charge in [-0.3, -0.25) is 19.9 Å². The number of hydrogen-bond acceptors (Lipinski definition) is 4. The lowest BCUT2D eigenvalue weighted by Crippen LogP contribution is -2.29. The molecular weight excluding hydrogens is 278 g/mol. The Hall–Kier alpha value is -1.91. The lowest BCUT2D eigenvalue weighted by Gasteiger charge is -2.28. The van der Waals surface area contributed by atoms with E-state index in [0.717, 1.165) is 50.2 Å². The molecule has 0 spiro atoms. The molecule has 1 aromatic rings. The number of aryl methyl sites for hydroxylation is 2. The predicted molar refractivity (Wildman–Crippen MR) is 87.5 cm³/mol. The third-order valence-electron chi connectivity index (χ3n) is 4.09. The van der Waals surface area contributed by atoms with Gasteiger partial charge in [-0.1, -0.05) is 26.7 Å². The first-order valence-electron chi connectivity index (χ1n) is 8.13. The molecule has 0 saturated heterocycles. The molecule has 0 aliphatic carbocycles. The standard InChI is InChI=1S/C17H25N3O2/c1-5-7-9-20(10-8-6-2)15-12(4)18-11(3)13-14(15)17(22)19-16(13)21/h5-10H2,1-4H3,(H,19,21,22). The second-order valence-corrected chi connectivity index (χ2v) is 5.86. The Morgan fingerprint density at radius 2 is 1.45 bits per heavy atom.